The van der Waals surface area contributed by atoms with Crippen LogP contribution in [0.4, 0.5) is 10.5 Å². The number of rotatable bonds is 6. The summed E-state index contributed by atoms with van der Waals surface area (Å²) in [7, 11) is 3.54. The third-order valence-electron chi connectivity index (χ3n) is 5.90. The topological polar surface area (TPSA) is 86.3 Å². The van der Waals surface area contributed by atoms with Gasteiger partial charge in [0.2, 0.25) is 0 Å². The molecular formula is C25H32ClN5O3. The van der Waals surface area contributed by atoms with E-state index in [1.54, 1.807) is 23.1 Å². The van der Waals surface area contributed by atoms with Gasteiger partial charge in [-0.05, 0) is 63.2 Å². The van der Waals surface area contributed by atoms with E-state index in [0.717, 1.165) is 29.9 Å². The molecule has 0 spiro atoms. The minimum Gasteiger partial charge on any atom is -0.399 e. The van der Waals surface area contributed by atoms with Gasteiger partial charge in [0.25, 0.3) is 5.91 Å². The zero-order chi connectivity index (χ0) is 24.9. The maximum atomic E-state index is 13.0. The summed E-state index contributed by atoms with van der Waals surface area (Å²) in [5, 5.41) is 10.2. The fourth-order valence-electron chi connectivity index (χ4n) is 3.79. The second-order valence-corrected chi connectivity index (χ2v) is 9.34. The highest BCUT2D eigenvalue weighted by molar-refractivity contribution is 6.34. The van der Waals surface area contributed by atoms with E-state index in [9.17, 15) is 9.59 Å². The minimum atomic E-state index is -0.668. The van der Waals surface area contributed by atoms with Gasteiger partial charge in [-0.2, -0.15) is 0 Å². The van der Waals surface area contributed by atoms with Gasteiger partial charge in [0.1, 0.15) is 7.11 Å². The van der Waals surface area contributed by atoms with Crippen LogP contribution in [-0.2, 0) is 10.4 Å². The molecule has 9 heteroatoms. The molecule has 2 N–H and O–H groups in total. The first-order valence-corrected chi connectivity index (χ1v) is 11.5. The first-order valence-electron chi connectivity index (χ1n) is 11.2. The smallest absolute Gasteiger partial charge is 0.319 e. The highest BCUT2D eigenvalue weighted by Gasteiger charge is 2.25. The number of carbonyl (C=O) groups excluding carboxylic acids is 2. The van der Waals surface area contributed by atoms with Crippen LogP contribution >= 0.6 is 11.6 Å². The summed E-state index contributed by atoms with van der Waals surface area (Å²) in [6.45, 7) is 8.61. The lowest BCUT2D eigenvalue weighted by Gasteiger charge is -2.32. The molecular weight excluding hydrogens is 454 g/mol. The third-order valence-corrected chi connectivity index (χ3v) is 6.23. The predicted molar refractivity (Wildman–Crippen MR) is 136 cm³/mol. The third kappa shape index (κ3) is 6.27. The number of urea groups is 1. The van der Waals surface area contributed by atoms with Crippen LogP contribution < -0.4 is 10.6 Å². The molecule has 0 atom stereocenters. The Balaban J connectivity index is 1.71. The number of carbonyl (C=O) groups is 2. The maximum Gasteiger partial charge on any atom is 0.319 e. The van der Waals surface area contributed by atoms with Gasteiger partial charge in [-0.25, -0.2) is 4.79 Å². The highest BCUT2D eigenvalue weighted by Crippen LogP contribution is 2.24. The summed E-state index contributed by atoms with van der Waals surface area (Å²) in [5.41, 5.74) is 2.75. The van der Waals surface area contributed by atoms with Gasteiger partial charge in [0.15, 0.2) is 0 Å². The number of anilines is 1. The molecule has 1 fully saturated rings. The Morgan fingerprint density at radius 3 is 2.47 bits per heavy atom. The Bertz CT molecular complexity index is 1080. The van der Waals surface area contributed by atoms with Gasteiger partial charge in [-0.3, -0.25) is 4.79 Å². The molecule has 0 aromatic heterocycles. The molecule has 1 saturated heterocycles. The van der Waals surface area contributed by atoms with Crippen molar-refractivity contribution >= 4 is 34.9 Å². The van der Waals surface area contributed by atoms with Gasteiger partial charge >= 0.3 is 6.03 Å². The molecule has 2 aromatic carbocycles. The van der Waals surface area contributed by atoms with E-state index in [2.05, 4.69) is 20.7 Å². The summed E-state index contributed by atoms with van der Waals surface area (Å²) in [5.74, 6) is -0.132. The van der Waals surface area contributed by atoms with E-state index in [0.29, 0.717) is 29.4 Å². The molecule has 1 heterocycles. The van der Waals surface area contributed by atoms with Crippen LogP contribution in [0.3, 0.4) is 0 Å². The lowest BCUT2D eigenvalue weighted by Crippen LogP contribution is -2.47. The van der Waals surface area contributed by atoms with E-state index in [1.807, 2.05) is 52.1 Å². The Hall–Kier alpha value is -3.10. The van der Waals surface area contributed by atoms with Crippen LogP contribution in [0.1, 0.15) is 42.3 Å². The number of oxime groups is 1. The summed E-state index contributed by atoms with van der Waals surface area (Å²) in [6, 6.07) is 12.3. The fraction of sp³-hybridized carbons (Fsp3) is 0.400. The zero-order valence-corrected chi connectivity index (χ0v) is 21.1. The van der Waals surface area contributed by atoms with Crippen molar-refractivity contribution in [2.45, 2.75) is 26.3 Å². The largest absolute Gasteiger partial charge is 0.399 e. The second-order valence-electron chi connectivity index (χ2n) is 8.93. The first-order chi connectivity index (χ1) is 16.1. The summed E-state index contributed by atoms with van der Waals surface area (Å²) in [4.78, 5) is 34.6. The van der Waals surface area contributed by atoms with Gasteiger partial charge in [0, 0.05) is 31.9 Å². The predicted octanol–water partition coefficient (Wildman–Crippen LogP) is 4.15. The Morgan fingerprint density at radius 1 is 1.09 bits per heavy atom. The molecule has 182 valence electrons. The number of benzene rings is 2. The zero-order valence-electron chi connectivity index (χ0n) is 20.3. The average Bonchev–Trinajstić information content (AvgIpc) is 2.80. The van der Waals surface area contributed by atoms with Crippen LogP contribution in [0, 0.1) is 0 Å². The molecule has 0 unspecified atom stereocenters. The van der Waals surface area contributed by atoms with E-state index in [-0.39, 0.29) is 5.91 Å². The normalized spacial score (nSPS) is 15.1. The maximum absolute atomic E-state index is 13.0. The second kappa shape index (κ2) is 10.9. The highest BCUT2D eigenvalue weighted by atomic mass is 35.5. The number of halogens is 1. The molecule has 0 aliphatic carbocycles. The number of likely N-dealkylation sites (N-methyl/N-ethyl adjacent to an activating group) is 1. The Morgan fingerprint density at radius 2 is 1.79 bits per heavy atom. The van der Waals surface area contributed by atoms with E-state index in [4.69, 9.17) is 16.4 Å². The molecule has 0 radical (unpaired) electrons. The van der Waals surface area contributed by atoms with Gasteiger partial charge in [0.05, 0.1) is 21.8 Å². The monoisotopic (exact) mass is 485 g/mol. The van der Waals surface area contributed by atoms with Crippen LogP contribution in [0.5, 0.6) is 0 Å². The SMILES string of the molecule is CO/N=C(\C)c1cccc(C(C)(C)NC(=O)Nc2ccc(Cl)c(C(=O)N3CCN(C)CC3)c2)c1. The molecule has 3 amide bonds. The van der Waals surface area contributed by atoms with Crippen LogP contribution in [-0.4, -0.2) is 67.8 Å². The van der Waals surface area contributed by atoms with Gasteiger partial charge in [-0.1, -0.05) is 35.0 Å². The lowest BCUT2D eigenvalue weighted by molar-refractivity contribution is 0.0664. The number of hydrogen-bond donors (Lipinski definition) is 2. The van der Waals surface area contributed by atoms with Crippen molar-refractivity contribution < 1.29 is 14.4 Å². The fourth-order valence-corrected chi connectivity index (χ4v) is 3.99. The van der Waals surface area contributed by atoms with Crippen molar-refractivity contribution in [2.75, 3.05) is 45.7 Å². The van der Waals surface area contributed by atoms with Crippen molar-refractivity contribution in [2.24, 2.45) is 5.16 Å². The van der Waals surface area contributed by atoms with E-state index < -0.39 is 11.6 Å². The molecule has 1 aliphatic heterocycles. The van der Waals surface area contributed by atoms with Crippen molar-refractivity contribution in [1.29, 1.82) is 0 Å². The summed E-state index contributed by atoms with van der Waals surface area (Å²) in [6.07, 6.45) is 0. The first kappa shape index (κ1) is 25.5. The van der Waals surface area contributed by atoms with Gasteiger partial charge in [-0.15, -0.1) is 0 Å². The standard InChI is InChI=1S/C25H32ClN5O3/c1-17(29-34-5)18-7-6-8-19(15-18)25(2,3)28-24(33)27-20-9-10-22(26)21(16-20)23(32)31-13-11-30(4)12-14-31/h6-10,15-16H,11-14H2,1-5H3,(H2,27,28,33)/b29-17+. The van der Waals surface area contributed by atoms with Crippen molar-refractivity contribution in [1.82, 2.24) is 15.1 Å². The number of nitrogens with one attached hydrogen (secondary N) is 2. The average molecular weight is 486 g/mol. The molecule has 1 aliphatic rings. The quantitative estimate of drug-likeness (QED) is 0.475. The number of amides is 3. The number of piperazine rings is 1. The van der Waals surface area contributed by atoms with Crippen LogP contribution in [0.2, 0.25) is 5.02 Å². The van der Waals surface area contributed by atoms with E-state index in [1.165, 1.54) is 7.11 Å². The van der Waals surface area contributed by atoms with Crippen molar-refractivity contribution in [3.8, 4) is 0 Å². The van der Waals surface area contributed by atoms with Crippen LogP contribution in [0.15, 0.2) is 47.6 Å². The number of hydrogen-bond acceptors (Lipinski definition) is 5. The molecule has 34 heavy (non-hydrogen) atoms. The van der Waals surface area contributed by atoms with Crippen molar-refractivity contribution in [3.05, 3.63) is 64.2 Å². The summed E-state index contributed by atoms with van der Waals surface area (Å²) >= 11 is 6.32. The van der Waals surface area contributed by atoms with Crippen LogP contribution in [0.25, 0.3) is 0 Å². The molecule has 0 bridgehead atoms. The summed E-state index contributed by atoms with van der Waals surface area (Å²) < 4.78 is 0. The number of nitrogens with zero attached hydrogens (tertiary/aromatic N) is 3. The molecule has 3 rings (SSSR count). The van der Waals surface area contributed by atoms with Gasteiger partial charge < -0.3 is 25.3 Å². The van der Waals surface area contributed by atoms with E-state index >= 15 is 0 Å². The molecule has 2 aromatic rings. The van der Waals surface area contributed by atoms with Crippen molar-refractivity contribution in [3.63, 3.8) is 0 Å². The minimum absolute atomic E-state index is 0.132. The molecule has 0 saturated carbocycles. The molecule has 8 nitrogen and oxygen atoms in total. The Labute approximate surface area is 205 Å². The lowest BCUT2D eigenvalue weighted by atomic mass is 9.92. The Kier molecular flexibility index (Phi) is 8.17.